The number of fused-ring (bicyclic) bond motifs is 1. The third kappa shape index (κ3) is 2.99. The monoisotopic (exact) mass is 235 g/mol. The molecule has 1 unspecified atom stereocenters. The van der Waals surface area contributed by atoms with Crippen LogP contribution in [0.1, 0.15) is 30.5 Å². The summed E-state index contributed by atoms with van der Waals surface area (Å²) in [5, 5.41) is 3.51. The van der Waals surface area contributed by atoms with Crippen LogP contribution in [0.4, 0.5) is 0 Å². The smallest absolute Gasteiger partial charge is 0.122 e. The van der Waals surface area contributed by atoms with Crippen LogP contribution in [0, 0.1) is 0 Å². The minimum Gasteiger partial charge on any atom is -0.493 e. The average Bonchev–Trinajstić information content (AvgIpc) is 2.82. The lowest BCUT2D eigenvalue weighted by atomic mass is 10.0. The Labute approximate surface area is 103 Å². The van der Waals surface area contributed by atoms with Crippen molar-refractivity contribution in [3.63, 3.8) is 0 Å². The molecule has 0 radical (unpaired) electrons. The molecule has 17 heavy (non-hydrogen) atoms. The van der Waals surface area contributed by atoms with Gasteiger partial charge in [0, 0.05) is 26.1 Å². The highest BCUT2D eigenvalue weighted by molar-refractivity contribution is 5.40. The fourth-order valence-electron chi connectivity index (χ4n) is 2.26. The molecule has 94 valence electrons. The molecule has 0 fully saturated rings. The largest absolute Gasteiger partial charge is 0.493 e. The third-order valence-corrected chi connectivity index (χ3v) is 3.22. The summed E-state index contributed by atoms with van der Waals surface area (Å²) < 4.78 is 10.6. The van der Waals surface area contributed by atoms with Crippen molar-refractivity contribution < 1.29 is 9.47 Å². The maximum absolute atomic E-state index is 5.52. The maximum atomic E-state index is 5.52. The molecule has 0 amide bonds. The molecule has 0 spiro atoms. The second kappa shape index (κ2) is 6.03. The van der Waals surface area contributed by atoms with Crippen LogP contribution < -0.4 is 10.1 Å². The molecule has 0 saturated carbocycles. The predicted molar refractivity (Wildman–Crippen MR) is 68.6 cm³/mol. The SMILES string of the molecule is CCC(NCCOC)c1ccc2c(c1)CCO2. The highest BCUT2D eigenvalue weighted by Gasteiger charge is 2.15. The zero-order valence-corrected chi connectivity index (χ0v) is 10.7. The molecule has 0 aromatic heterocycles. The molecule has 1 heterocycles. The van der Waals surface area contributed by atoms with E-state index in [0.29, 0.717) is 6.04 Å². The van der Waals surface area contributed by atoms with Crippen LogP contribution in [0.3, 0.4) is 0 Å². The summed E-state index contributed by atoms with van der Waals surface area (Å²) in [7, 11) is 1.73. The molecule has 1 aromatic rings. The minimum absolute atomic E-state index is 0.413. The summed E-state index contributed by atoms with van der Waals surface area (Å²) in [6, 6.07) is 6.95. The van der Waals surface area contributed by atoms with Crippen molar-refractivity contribution in [3.05, 3.63) is 29.3 Å². The van der Waals surface area contributed by atoms with Crippen molar-refractivity contribution in [2.75, 3.05) is 26.9 Å². The van der Waals surface area contributed by atoms with Gasteiger partial charge in [-0.15, -0.1) is 0 Å². The Morgan fingerprint density at radius 3 is 3.12 bits per heavy atom. The molecule has 0 aliphatic carbocycles. The molecule has 0 bridgehead atoms. The fourth-order valence-corrected chi connectivity index (χ4v) is 2.26. The van der Waals surface area contributed by atoms with Crippen molar-refractivity contribution in [1.82, 2.24) is 5.32 Å². The van der Waals surface area contributed by atoms with Gasteiger partial charge < -0.3 is 14.8 Å². The van der Waals surface area contributed by atoms with Gasteiger partial charge in [-0.05, 0) is 23.6 Å². The molecule has 3 nitrogen and oxygen atoms in total. The summed E-state index contributed by atoms with van der Waals surface area (Å²) in [6.45, 7) is 4.67. The topological polar surface area (TPSA) is 30.5 Å². The van der Waals surface area contributed by atoms with Crippen LogP contribution in [0.2, 0.25) is 0 Å². The first-order chi connectivity index (χ1) is 8.35. The lowest BCUT2D eigenvalue weighted by molar-refractivity contribution is 0.195. The van der Waals surface area contributed by atoms with E-state index in [4.69, 9.17) is 9.47 Å². The third-order valence-electron chi connectivity index (χ3n) is 3.22. The van der Waals surface area contributed by atoms with Gasteiger partial charge in [-0.3, -0.25) is 0 Å². The summed E-state index contributed by atoms with van der Waals surface area (Å²) in [4.78, 5) is 0. The van der Waals surface area contributed by atoms with Crippen LogP contribution in [0.15, 0.2) is 18.2 Å². The number of nitrogens with one attached hydrogen (secondary N) is 1. The quantitative estimate of drug-likeness (QED) is 0.767. The second-order valence-corrected chi connectivity index (χ2v) is 4.37. The average molecular weight is 235 g/mol. The lowest BCUT2D eigenvalue weighted by Crippen LogP contribution is -2.24. The van der Waals surface area contributed by atoms with Gasteiger partial charge in [0.15, 0.2) is 0 Å². The van der Waals surface area contributed by atoms with Gasteiger partial charge in [-0.2, -0.15) is 0 Å². The van der Waals surface area contributed by atoms with Crippen LogP contribution in [0.5, 0.6) is 5.75 Å². The lowest BCUT2D eigenvalue weighted by Gasteiger charge is -2.18. The Balaban J connectivity index is 2.03. The van der Waals surface area contributed by atoms with Gasteiger partial charge in [-0.1, -0.05) is 19.1 Å². The van der Waals surface area contributed by atoms with E-state index in [2.05, 4.69) is 30.4 Å². The fraction of sp³-hybridized carbons (Fsp3) is 0.571. The van der Waals surface area contributed by atoms with Gasteiger partial charge >= 0.3 is 0 Å². The molecular weight excluding hydrogens is 214 g/mol. The van der Waals surface area contributed by atoms with E-state index < -0.39 is 0 Å². The molecule has 2 rings (SSSR count). The van der Waals surface area contributed by atoms with Gasteiger partial charge in [0.05, 0.1) is 13.2 Å². The zero-order chi connectivity index (χ0) is 12.1. The number of benzene rings is 1. The van der Waals surface area contributed by atoms with E-state index in [1.165, 1.54) is 11.1 Å². The molecule has 1 aromatic carbocycles. The predicted octanol–water partition coefficient (Wildman–Crippen LogP) is 2.31. The molecular formula is C14H21NO2. The summed E-state index contributed by atoms with van der Waals surface area (Å²) in [5.74, 6) is 1.06. The van der Waals surface area contributed by atoms with E-state index in [1.54, 1.807) is 7.11 Å². The Morgan fingerprint density at radius 2 is 2.35 bits per heavy atom. The molecule has 3 heteroatoms. The first-order valence-corrected chi connectivity index (χ1v) is 6.33. The number of hydrogen-bond acceptors (Lipinski definition) is 3. The van der Waals surface area contributed by atoms with Crippen molar-refractivity contribution in [2.45, 2.75) is 25.8 Å². The van der Waals surface area contributed by atoms with Crippen LogP contribution >= 0.6 is 0 Å². The van der Waals surface area contributed by atoms with Crippen molar-refractivity contribution >= 4 is 0 Å². The summed E-state index contributed by atoms with van der Waals surface area (Å²) >= 11 is 0. The van der Waals surface area contributed by atoms with Gasteiger partial charge in [0.25, 0.3) is 0 Å². The normalized spacial score (nSPS) is 15.4. The molecule has 0 saturated heterocycles. The number of ether oxygens (including phenoxy) is 2. The number of methoxy groups -OCH3 is 1. The van der Waals surface area contributed by atoms with Crippen LogP contribution in [-0.4, -0.2) is 26.9 Å². The Kier molecular flexibility index (Phi) is 4.40. The molecule has 1 aliphatic heterocycles. The first-order valence-electron chi connectivity index (χ1n) is 6.33. The van der Waals surface area contributed by atoms with Crippen molar-refractivity contribution in [1.29, 1.82) is 0 Å². The Bertz CT molecular complexity index is 365. The molecule has 1 N–H and O–H groups in total. The van der Waals surface area contributed by atoms with Gasteiger partial charge in [-0.25, -0.2) is 0 Å². The Hall–Kier alpha value is -1.06. The molecule has 1 atom stereocenters. The highest BCUT2D eigenvalue weighted by atomic mass is 16.5. The van der Waals surface area contributed by atoms with Crippen LogP contribution in [-0.2, 0) is 11.2 Å². The maximum Gasteiger partial charge on any atom is 0.122 e. The standard InChI is InChI=1S/C14H21NO2/c1-3-13(15-7-9-16-2)11-4-5-14-12(10-11)6-8-17-14/h4-5,10,13,15H,3,6-9H2,1-2H3. The van der Waals surface area contributed by atoms with Gasteiger partial charge in [0.2, 0.25) is 0 Å². The summed E-state index contributed by atoms with van der Waals surface area (Å²) in [5.41, 5.74) is 2.70. The number of hydrogen-bond donors (Lipinski definition) is 1. The van der Waals surface area contributed by atoms with E-state index >= 15 is 0 Å². The van der Waals surface area contributed by atoms with E-state index in [1.807, 2.05) is 0 Å². The van der Waals surface area contributed by atoms with Crippen molar-refractivity contribution in [3.8, 4) is 5.75 Å². The van der Waals surface area contributed by atoms with Crippen molar-refractivity contribution in [2.24, 2.45) is 0 Å². The van der Waals surface area contributed by atoms with E-state index in [-0.39, 0.29) is 0 Å². The van der Waals surface area contributed by atoms with E-state index in [0.717, 1.165) is 38.3 Å². The van der Waals surface area contributed by atoms with E-state index in [9.17, 15) is 0 Å². The van der Waals surface area contributed by atoms with Crippen LogP contribution in [0.25, 0.3) is 0 Å². The minimum atomic E-state index is 0.413. The molecule has 1 aliphatic rings. The first kappa shape index (κ1) is 12.4. The number of rotatable bonds is 6. The highest BCUT2D eigenvalue weighted by Crippen LogP contribution is 2.28. The second-order valence-electron chi connectivity index (χ2n) is 4.37. The zero-order valence-electron chi connectivity index (χ0n) is 10.7. The summed E-state index contributed by atoms with van der Waals surface area (Å²) in [6.07, 6.45) is 2.13. The van der Waals surface area contributed by atoms with Gasteiger partial charge in [0.1, 0.15) is 5.75 Å². The Morgan fingerprint density at radius 1 is 1.47 bits per heavy atom.